The Hall–Kier alpha value is -2.25. The number of anilines is 1. The van der Waals surface area contributed by atoms with Gasteiger partial charge in [-0.15, -0.1) is 0 Å². The zero-order valence-corrected chi connectivity index (χ0v) is 13.9. The monoisotopic (exact) mass is 333 g/mol. The highest BCUT2D eigenvalue weighted by Gasteiger charge is 2.20. The summed E-state index contributed by atoms with van der Waals surface area (Å²) in [6, 6.07) is 10.8. The Kier molecular flexibility index (Phi) is 5.46. The lowest BCUT2D eigenvalue weighted by Crippen LogP contribution is -2.37. The van der Waals surface area contributed by atoms with Crippen LogP contribution in [0.15, 0.2) is 48.8 Å². The van der Waals surface area contributed by atoms with E-state index in [0.29, 0.717) is 5.69 Å². The van der Waals surface area contributed by atoms with Crippen molar-refractivity contribution in [2.75, 3.05) is 18.1 Å². The van der Waals surface area contributed by atoms with Gasteiger partial charge in [0.1, 0.15) is 0 Å². The van der Waals surface area contributed by atoms with Gasteiger partial charge in [-0.25, -0.2) is 8.42 Å². The van der Waals surface area contributed by atoms with Crippen molar-refractivity contribution in [3.05, 3.63) is 59.9 Å². The number of aromatic nitrogens is 1. The van der Waals surface area contributed by atoms with Gasteiger partial charge in [-0.1, -0.05) is 24.3 Å². The molecule has 7 heteroatoms. The summed E-state index contributed by atoms with van der Waals surface area (Å²) in [5.74, 6) is -0.381. The third-order valence-electron chi connectivity index (χ3n) is 3.29. The molecule has 1 N–H and O–H groups in total. The third-order valence-corrected chi connectivity index (χ3v) is 4.49. The number of carbonyl (C=O) groups excluding carboxylic acids is 1. The molecule has 0 unspecified atom stereocenters. The number of amides is 1. The molecule has 2 rings (SSSR count). The van der Waals surface area contributed by atoms with Crippen LogP contribution in [0.1, 0.15) is 11.1 Å². The minimum Gasteiger partial charge on any atom is -0.325 e. The Bertz CT molecular complexity index is 776. The molecule has 0 aliphatic rings. The number of hydrogen-bond acceptors (Lipinski definition) is 4. The predicted octanol–water partition coefficient (Wildman–Crippen LogP) is 1.79. The van der Waals surface area contributed by atoms with Gasteiger partial charge in [0.15, 0.2) is 0 Å². The fraction of sp³-hybridized carbons (Fsp3) is 0.250. The van der Waals surface area contributed by atoms with Crippen molar-refractivity contribution in [1.82, 2.24) is 9.29 Å². The van der Waals surface area contributed by atoms with Gasteiger partial charge in [0.25, 0.3) is 0 Å². The lowest BCUT2D eigenvalue weighted by atomic mass is 10.2. The fourth-order valence-corrected chi connectivity index (χ4v) is 2.78. The predicted molar refractivity (Wildman–Crippen MR) is 89.3 cm³/mol. The van der Waals surface area contributed by atoms with Gasteiger partial charge in [-0.2, -0.15) is 4.31 Å². The van der Waals surface area contributed by atoms with Crippen LogP contribution >= 0.6 is 0 Å². The third kappa shape index (κ3) is 5.15. The smallest absolute Gasteiger partial charge is 0.239 e. The van der Waals surface area contributed by atoms with Gasteiger partial charge in [0.2, 0.25) is 15.9 Å². The van der Waals surface area contributed by atoms with E-state index in [1.807, 2.05) is 25.1 Å². The van der Waals surface area contributed by atoms with E-state index in [1.165, 1.54) is 0 Å². The van der Waals surface area contributed by atoms with Crippen LogP contribution in [0.4, 0.5) is 5.69 Å². The number of nitrogens with zero attached hydrogens (tertiary/aromatic N) is 2. The highest BCUT2D eigenvalue weighted by molar-refractivity contribution is 7.88. The maximum Gasteiger partial charge on any atom is 0.239 e. The van der Waals surface area contributed by atoms with Crippen molar-refractivity contribution in [3.8, 4) is 0 Å². The molecular formula is C16H19N3O3S. The second kappa shape index (κ2) is 7.34. The summed E-state index contributed by atoms with van der Waals surface area (Å²) in [5, 5.41) is 2.74. The van der Waals surface area contributed by atoms with Gasteiger partial charge in [0.05, 0.1) is 12.8 Å². The molecule has 0 aliphatic heterocycles. The zero-order chi connectivity index (χ0) is 16.9. The second-order valence-corrected chi connectivity index (χ2v) is 7.24. The lowest BCUT2D eigenvalue weighted by Gasteiger charge is -2.19. The largest absolute Gasteiger partial charge is 0.325 e. The molecule has 1 aromatic heterocycles. The van der Waals surface area contributed by atoms with Gasteiger partial charge in [-0.05, 0) is 30.2 Å². The number of carbonyl (C=O) groups is 1. The first-order chi connectivity index (χ1) is 10.9. The maximum atomic E-state index is 12.2. The van der Waals surface area contributed by atoms with Crippen LogP contribution in [-0.2, 0) is 21.4 Å². The summed E-state index contributed by atoms with van der Waals surface area (Å²) in [6.07, 6.45) is 4.28. The highest BCUT2D eigenvalue weighted by Crippen LogP contribution is 2.14. The Labute approximate surface area is 136 Å². The SMILES string of the molecule is Cc1ccccc1NC(=O)CN(Cc1cccnc1)S(C)(=O)=O. The van der Waals surface area contributed by atoms with Crippen molar-refractivity contribution in [2.24, 2.45) is 0 Å². The quantitative estimate of drug-likeness (QED) is 0.874. The number of benzene rings is 1. The van der Waals surface area contributed by atoms with Gasteiger partial charge in [0, 0.05) is 24.6 Å². The fourth-order valence-electron chi connectivity index (χ4n) is 2.05. The molecule has 0 atom stereocenters. The number of para-hydroxylation sites is 1. The maximum absolute atomic E-state index is 12.2. The molecule has 2 aromatic rings. The number of pyridine rings is 1. The van der Waals surface area contributed by atoms with Crippen molar-refractivity contribution in [3.63, 3.8) is 0 Å². The van der Waals surface area contributed by atoms with Crippen molar-refractivity contribution >= 4 is 21.6 Å². The van der Waals surface area contributed by atoms with E-state index < -0.39 is 10.0 Å². The van der Waals surface area contributed by atoms with Crippen molar-refractivity contribution in [2.45, 2.75) is 13.5 Å². The summed E-state index contributed by atoms with van der Waals surface area (Å²) < 4.78 is 25.0. The molecule has 0 saturated carbocycles. The number of nitrogens with one attached hydrogen (secondary N) is 1. The van der Waals surface area contributed by atoms with E-state index in [0.717, 1.165) is 21.7 Å². The molecule has 1 amide bonds. The first-order valence-electron chi connectivity index (χ1n) is 7.06. The Morgan fingerprint density at radius 1 is 1.22 bits per heavy atom. The summed E-state index contributed by atoms with van der Waals surface area (Å²) in [5.41, 5.74) is 2.31. The van der Waals surface area contributed by atoms with E-state index in [1.54, 1.807) is 30.6 Å². The lowest BCUT2D eigenvalue weighted by molar-refractivity contribution is -0.116. The van der Waals surface area contributed by atoms with Crippen LogP contribution in [0.3, 0.4) is 0 Å². The molecular weight excluding hydrogens is 314 g/mol. The number of rotatable bonds is 6. The first-order valence-corrected chi connectivity index (χ1v) is 8.90. The van der Waals surface area contributed by atoms with Gasteiger partial charge < -0.3 is 5.32 Å². The molecule has 6 nitrogen and oxygen atoms in total. The van der Waals surface area contributed by atoms with E-state index in [9.17, 15) is 13.2 Å². The van der Waals surface area contributed by atoms with Crippen LogP contribution in [0, 0.1) is 6.92 Å². The minimum absolute atomic E-state index is 0.105. The topological polar surface area (TPSA) is 79.4 Å². The normalized spacial score (nSPS) is 11.4. The number of hydrogen-bond donors (Lipinski definition) is 1. The number of aryl methyl sites for hydroxylation is 1. The van der Waals surface area contributed by atoms with Crippen LogP contribution in [-0.4, -0.2) is 36.4 Å². The van der Waals surface area contributed by atoms with Gasteiger partial charge >= 0.3 is 0 Å². The molecule has 122 valence electrons. The Morgan fingerprint density at radius 2 is 1.96 bits per heavy atom. The Morgan fingerprint density at radius 3 is 2.57 bits per heavy atom. The Balaban J connectivity index is 2.09. The van der Waals surface area contributed by atoms with Crippen LogP contribution in [0.25, 0.3) is 0 Å². The summed E-state index contributed by atoms with van der Waals surface area (Å²) in [7, 11) is -3.52. The summed E-state index contributed by atoms with van der Waals surface area (Å²) in [6.45, 7) is 1.73. The number of sulfonamides is 1. The zero-order valence-electron chi connectivity index (χ0n) is 13.1. The molecule has 0 fully saturated rings. The first kappa shape index (κ1) is 17.1. The average molecular weight is 333 g/mol. The standard InChI is InChI=1S/C16H19N3O3S/c1-13-6-3-4-8-15(13)18-16(20)12-19(23(2,21)22)11-14-7-5-9-17-10-14/h3-10H,11-12H2,1-2H3,(H,18,20). The molecule has 1 aromatic carbocycles. The molecule has 1 heterocycles. The molecule has 0 bridgehead atoms. The van der Waals surface area contributed by atoms with Crippen LogP contribution in [0.2, 0.25) is 0 Å². The molecule has 23 heavy (non-hydrogen) atoms. The molecule has 0 saturated heterocycles. The summed E-state index contributed by atoms with van der Waals surface area (Å²) >= 11 is 0. The van der Waals surface area contributed by atoms with Crippen LogP contribution in [0.5, 0.6) is 0 Å². The summed E-state index contributed by atoms with van der Waals surface area (Å²) in [4.78, 5) is 16.1. The van der Waals surface area contributed by atoms with Crippen molar-refractivity contribution < 1.29 is 13.2 Å². The van der Waals surface area contributed by atoms with Crippen LogP contribution < -0.4 is 5.32 Å². The van der Waals surface area contributed by atoms with E-state index in [2.05, 4.69) is 10.3 Å². The van der Waals surface area contributed by atoms with E-state index in [-0.39, 0.29) is 19.0 Å². The van der Waals surface area contributed by atoms with E-state index in [4.69, 9.17) is 0 Å². The van der Waals surface area contributed by atoms with Gasteiger partial charge in [-0.3, -0.25) is 9.78 Å². The highest BCUT2D eigenvalue weighted by atomic mass is 32.2. The second-order valence-electron chi connectivity index (χ2n) is 5.26. The molecule has 0 spiro atoms. The molecule has 0 radical (unpaired) electrons. The van der Waals surface area contributed by atoms with E-state index >= 15 is 0 Å². The van der Waals surface area contributed by atoms with Crippen molar-refractivity contribution in [1.29, 1.82) is 0 Å². The average Bonchev–Trinajstić information content (AvgIpc) is 2.49. The molecule has 0 aliphatic carbocycles. The minimum atomic E-state index is -3.52.